The third-order valence-corrected chi connectivity index (χ3v) is 5.24. The van der Waals surface area contributed by atoms with E-state index in [-0.39, 0.29) is 18.5 Å². The minimum atomic E-state index is -0.572. The summed E-state index contributed by atoms with van der Waals surface area (Å²) in [6.07, 6.45) is -0.00684. The van der Waals surface area contributed by atoms with Crippen molar-refractivity contribution in [2.75, 3.05) is 7.11 Å². The summed E-state index contributed by atoms with van der Waals surface area (Å²) < 4.78 is 23.6. The van der Waals surface area contributed by atoms with Gasteiger partial charge in [0, 0.05) is 5.56 Å². The molecular formula is C26H25ClN2O5. The zero-order valence-corrected chi connectivity index (χ0v) is 19.9. The molecule has 8 heteroatoms. The van der Waals surface area contributed by atoms with E-state index in [9.17, 15) is 4.79 Å². The summed E-state index contributed by atoms with van der Waals surface area (Å²) in [5.41, 5.74) is 2.45. The monoisotopic (exact) mass is 480 g/mol. The van der Waals surface area contributed by atoms with E-state index < -0.39 is 5.76 Å². The predicted molar refractivity (Wildman–Crippen MR) is 130 cm³/mol. The second kappa shape index (κ2) is 10.5. The van der Waals surface area contributed by atoms with Crippen LogP contribution in [0.3, 0.4) is 0 Å². The Balaban J connectivity index is 1.50. The smallest absolute Gasteiger partial charge is 0.437 e. The summed E-state index contributed by atoms with van der Waals surface area (Å²) in [6, 6.07) is 20.5. The molecule has 7 nitrogen and oxygen atoms in total. The molecule has 0 aliphatic heterocycles. The summed E-state index contributed by atoms with van der Waals surface area (Å²) in [5, 5.41) is 4.74. The highest BCUT2D eigenvalue weighted by molar-refractivity contribution is 6.32. The topological polar surface area (TPSA) is 75.7 Å². The third kappa shape index (κ3) is 5.61. The molecule has 0 spiro atoms. The van der Waals surface area contributed by atoms with Crippen molar-refractivity contribution in [1.29, 1.82) is 0 Å². The van der Waals surface area contributed by atoms with Crippen LogP contribution in [0.25, 0.3) is 11.5 Å². The number of aromatic nitrogens is 2. The highest BCUT2D eigenvalue weighted by Crippen LogP contribution is 2.31. The Hall–Kier alpha value is -3.71. The lowest BCUT2D eigenvalue weighted by molar-refractivity contribution is 0.242. The van der Waals surface area contributed by atoms with Crippen molar-refractivity contribution in [2.24, 2.45) is 0 Å². The van der Waals surface area contributed by atoms with Crippen LogP contribution in [0, 0.1) is 0 Å². The van der Waals surface area contributed by atoms with Crippen LogP contribution in [0.1, 0.15) is 25.0 Å². The van der Waals surface area contributed by atoms with Crippen LogP contribution < -0.4 is 20.0 Å². The van der Waals surface area contributed by atoms with Gasteiger partial charge in [-0.25, -0.2) is 4.79 Å². The molecule has 0 N–H and O–H groups in total. The van der Waals surface area contributed by atoms with Gasteiger partial charge in [-0.3, -0.25) is 0 Å². The fourth-order valence-corrected chi connectivity index (χ4v) is 3.57. The average Bonchev–Trinajstić information content (AvgIpc) is 3.19. The van der Waals surface area contributed by atoms with E-state index in [1.165, 1.54) is 4.68 Å². The number of rotatable bonds is 9. The summed E-state index contributed by atoms with van der Waals surface area (Å²) >= 11 is 6.31. The second-order valence-corrected chi connectivity index (χ2v) is 8.31. The van der Waals surface area contributed by atoms with Crippen molar-refractivity contribution < 1.29 is 18.6 Å². The van der Waals surface area contributed by atoms with E-state index in [4.69, 9.17) is 30.2 Å². The largest absolute Gasteiger partial charge is 0.493 e. The Morgan fingerprint density at radius 3 is 2.44 bits per heavy atom. The number of halogens is 1. The predicted octanol–water partition coefficient (Wildman–Crippen LogP) is 5.58. The fraction of sp³-hybridized carbons (Fsp3) is 0.231. The number of methoxy groups -OCH3 is 1. The summed E-state index contributed by atoms with van der Waals surface area (Å²) in [4.78, 5) is 12.4. The van der Waals surface area contributed by atoms with Crippen molar-refractivity contribution >= 4 is 11.6 Å². The molecule has 0 amide bonds. The minimum Gasteiger partial charge on any atom is -0.493 e. The molecule has 0 saturated heterocycles. The van der Waals surface area contributed by atoms with E-state index in [0.717, 1.165) is 11.1 Å². The maximum atomic E-state index is 12.4. The maximum absolute atomic E-state index is 12.4. The van der Waals surface area contributed by atoms with Crippen molar-refractivity contribution in [1.82, 2.24) is 9.78 Å². The first-order valence-electron chi connectivity index (χ1n) is 10.8. The third-order valence-electron chi connectivity index (χ3n) is 4.95. The molecule has 0 atom stereocenters. The Morgan fingerprint density at radius 1 is 0.971 bits per heavy atom. The van der Waals surface area contributed by atoms with Crippen LogP contribution in [0.4, 0.5) is 0 Å². The Kier molecular flexibility index (Phi) is 7.23. The number of nitrogens with zero attached hydrogens (tertiary/aromatic N) is 2. The highest BCUT2D eigenvalue weighted by Gasteiger charge is 2.15. The molecule has 1 heterocycles. The molecule has 1 aromatic heterocycles. The van der Waals surface area contributed by atoms with Gasteiger partial charge in [0.15, 0.2) is 11.5 Å². The standard InChI is InChI=1S/C26H25ClN2O5/c1-17(2)33-22-12-10-20(14-21(22)27)25-28-29(26(30)34-25)15-19-9-11-23(24(13-19)31-3)32-16-18-7-5-4-6-8-18/h4-14,17H,15-16H2,1-3H3. The molecular weight excluding hydrogens is 456 g/mol. The SMILES string of the molecule is COc1cc(Cn2nc(-c3ccc(OC(C)C)c(Cl)c3)oc2=O)ccc1OCc1ccccc1. The van der Waals surface area contributed by atoms with Crippen LogP contribution in [0.5, 0.6) is 17.2 Å². The van der Waals surface area contributed by atoms with Gasteiger partial charge in [-0.15, -0.1) is 5.10 Å². The maximum Gasteiger partial charge on any atom is 0.437 e. The number of hydrogen-bond acceptors (Lipinski definition) is 6. The first-order chi connectivity index (χ1) is 16.4. The van der Waals surface area contributed by atoms with E-state index in [1.54, 1.807) is 25.3 Å². The second-order valence-electron chi connectivity index (χ2n) is 7.90. The minimum absolute atomic E-state index is 0.00684. The molecule has 176 valence electrons. The van der Waals surface area contributed by atoms with Crippen LogP contribution in [0.2, 0.25) is 5.02 Å². The van der Waals surface area contributed by atoms with Crippen molar-refractivity contribution in [3.8, 4) is 28.7 Å². The van der Waals surface area contributed by atoms with Gasteiger partial charge >= 0.3 is 5.76 Å². The van der Waals surface area contributed by atoms with Crippen molar-refractivity contribution in [2.45, 2.75) is 33.1 Å². The average molecular weight is 481 g/mol. The van der Waals surface area contributed by atoms with Crippen LogP contribution in [-0.4, -0.2) is 23.0 Å². The first-order valence-corrected chi connectivity index (χ1v) is 11.2. The van der Waals surface area contributed by atoms with Gasteiger partial charge in [-0.1, -0.05) is 48.0 Å². The van der Waals surface area contributed by atoms with E-state index in [2.05, 4.69) is 5.10 Å². The van der Waals surface area contributed by atoms with Gasteiger partial charge in [0.05, 0.1) is 24.8 Å². The molecule has 0 radical (unpaired) electrons. The molecule has 4 aromatic rings. The molecule has 34 heavy (non-hydrogen) atoms. The zero-order valence-electron chi connectivity index (χ0n) is 19.2. The quantitative estimate of drug-likeness (QED) is 0.311. The van der Waals surface area contributed by atoms with Gasteiger partial charge in [-0.05, 0) is 55.3 Å². The van der Waals surface area contributed by atoms with Gasteiger partial charge < -0.3 is 18.6 Å². The van der Waals surface area contributed by atoms with Gasteiger partial charge in [0.2, 0.25) is 5.89 Å². The molecule has 0 aliphatic rings. The van der Waals surface area contributed by atoms with Crippen LogP contribution in [0.15, 0.2) is 75.9 Å². The zero-order chi connectivity index (χ0) is 24.1. The summed E-state index contributed by atoms with van der Waals surface area (Å²) in [6.45, 7) is 4.47. The molecule has 0 fully saturated rings. The number of ether oxygens (including phenoxy) is 3. The summed E-state index contributed by atoms with van der Waals surface area (Å²) in [7, 11) is 1.57. The lowest BCUT2D eigenvalue weighted by Crippen LogP contribution is -2.16. The first kappa shape index (κ1) is 23.4. The van der Waals surface area contributed by atoms with Crippen molar-refractivity contribution in [3.63, 3.8) is 0 Å². The molecule has 4 rings (SSSR count). The Labute approximate surface area is 202 Å². The van der Waals surface area contributed by atoms with Crippen molar-refractivity contribution in [3.05, 3.63) is 93.4 Å². The highest BCUT2D eigenvalue weighted by atomic mass is 35.5. The van der Waals surface area contributed by atoms with E-state index in [0.29, 0.717) is 34.4 Å². The van der Waals surface area contributed by atoms with Crippen LogP contribution in [-0.2, 0) is 13.2 Å². The lowest BCUT2D eigenvalue weighted by Gasteiger charge is -2.12. The van der Waals surface area contributed by atoms with E-state index >= 15 is 0 Å². The normalized spacial score (nSPS) is 11.0. The lowest BCUT2D eigenvalue weighted by atomic mass is 10.2. The molecule has 0 bridgehead atoms. The Morgan fingerprint density at radius 2 is 1.74 bits per heavy atom. The fourth-order valence-electron chi connectivity index (χ4n) is 3.34. The molecule has 0 unspecified atom stereocenters. The van der Waals surface area contributed by atoms with E-state index in [1.807, 2.05) is 62.4 Å². The molecule has 3 aromatic carbocycles. The van der Waals surface area contributed by atoms with Gasteiger partial charge in [0.25, 0.3) is 0 Å². The summed E-state index contributed by atoms with van der Waals surface area (Å²) in [5.74, 6) is 1.35. The Bertz CT molecular complexity index is 1310. The van der Waals surface area contributed by atoms with Gasteiger partial charge in [0.1, 0.15) is 12.4 Å². The molecule has 0 aliphatic carbocycles. The van der Waals surface area contributed by atoms with Gasteiger partial charge in [-0.2, -0.15) is 4.68 Å². The van der Waals surface area contributed by atoms with Crippen LogP contribution >= 0.6 is 11.6 Å². The number of benzene rings is 3. The molecule has 0 saturated carbocycles. The number of hydrogen-bond donors (Lipinski definition) is 0.